The molecule has 2 aliphatic heterocycles. The van der Waals surface area contributed by atoms with Crippen LogP contribution in [0, 0.1) is 24.4 Å². The molecule has 2 aliphatic rings. The zero-order valence-corrected chi connectivity index (χ0v) is 24.9. The first-order valence-corrected chi connectivity index (χ1v) is 14.5. The first-order valence-electron chi connectivity index (χ1n) is 14.5. The maximum atomic E-state index is 17.1. The number of piperazine rings is 1. The first kappa shape index (κ1) is 29.4. The van der Waals surface area contributed by atoms with E-state index < -0.39 is 39.9 Å². The highest BCUT2D eigenvalue weighted by molar-refractivity contribution is 5.99. The van der Waals surface area contributed by atoms with Gasteiger partial charge in [0.05, 0.1) is 39.4 Å². The molecule has 4 heterocycles. The molecular formula is C33H32F3N5O3. The van der Waals surface area contributed by atoms with Crippen molar-refractivity contribution in [2.75, 3.05) is 18.0 Å². The highest BCUT2D eigenvalue weighted by Gasteiger charge is 2.40. The number of benzene rings is 2. The Balaban J connectivity index is 1.75. The third-order valence-corrected chi connectivity index (χ3v) is 8.78. The quantitative estimate of drug-likeness (QED) is 0.308. The highest BCUT2D eigenvalue weighted by atomic mass is 19.1. The van der Waals surface area contributed by atoms with Gasteiger partial charge in [0.1, 0.15) is 23.7 Å². The highest BCUT2D eigenvalue weighted by Crippen LogP contribution is 2.44. The summed E-state index contributed by atoms with van der Waals surface area (Å²) in [6, 6.07) is 3.99. The summed E-state index contributed by atoms with van der Waals surface area (Å²) in [7, 11) is 0. The van der Waals surface area contributed by atoms with Crippen LogP contribution in [0.1, 0.15) is 50.1 Å². The van der Waals surface area contributed by atoms with E-state index in [1.54, 1.807) is 11.8 Å². The summed E-state index contributed by atoms with van der Waals surface area (Å²) in [5.74, 6) is -4.36. The number of phenolic OH excluding ortho intramolecular Hbond substituents is 1. The van der Waals surface area contributed by atoms with Crippen LogP contribution in [0.2, 0.25) is 0 Å². The molecule has 4 aromatic rings. The zero-order valence-electron chi connectivity index (χ0n) is 24.9. The van der Waals surface area contributed by atoms with Gasteiger partial charge in [0.15, 0.2) is 5.82 Å². The van der Waals surface area contributed by atoms with Crippen LogP contribution < -0.4 is 10.5 Å². The number of amides is 1. The molecule has 2 aromatic carbocycles. The number of carbonyl (C=O) groups is 1. The van der Waals surface area contributed by atoms with Crippen molar-refractivity contribution >= 4 is 22.5 Å². The average molecular weight is 604 g/mol. The van der Waals surface area contributed by atoms with Gasteiger partial charge < -0.3 is 14.9 Å². The Bertz CT molecular complexity index is 1900. The van der Waals surface area contributed by atoms with Crippen LogP contribution >= 0.6 is 0 Å². The molecule has 1 amide bonds. The van der Waals surface area contributed by atoms with Crippen LogP contribution in [0.25, 0.3) is 27.7 Å². The number of aromatic nitrogens is 3. The van der Waals surface area contributed by atoms with Crippen LogP contribution in [0.3, 0.4) is 0 Å². The van der Waals surface area contributed by atoms with Crippen LogP contribution in [0.4, 0.5) is 18.9 Å². The predicted octanol–water partition coefficient (Wildman–Crippen LogP) is 5.54. The minimum absolute atomic E-state index is 0.118. The Hall–Kier alpha value is -4.67. The van der Waals surface area contributed by atoms with Gasteiger partial charge in [-0.15, -0.1) is 0 Å². The molecule has 1 fully saturated rings. The second-order valence-corrected chi connectivity index (χ2v) is 11.8. The van der Waals surface area contributed by atoms with Crippen LogP contribution in [0.15, 0.2) is 48.0 Å². The van der Waals surface area contributed by atoms with Crippen molar-refractivity contribution < 1.29 is 23.1 Å². The number of pyridine rings is 1. The van der Waals surface area contributed by atoms with E-state index in [1.165, 1.54) is 23.0 Å². The minimum Gasteiger partial charge on any atom is -0.507 e. The molecule has 0 spiro atoms. The summed E-state index contributed by atoms with van der Waals surface area (Å²) < 4.78 is 49.4. The van der Waals surface area contributed by atoms with Gasteiger partial charge in [0.2, 0.25) is 5.91 Å². The Labute approximate surface area is 252 Å². The summed E-state index contributed by atoms with van der Waals surface area (Å²) in [5, 5.41) is 10.6. The summed E-state index contributed by atoms with van der Waals surface area (Å²) >= 11 is 0. The van der Waals surface area contributed by atoms with Gasteiger partial charge in [-0.3, -0.25) is 14.2 Å². The van der Waals surface area contributed by atoms with Crippen LogP contribution in [0.5, 0.6) is 5.75 Å². The maximum absolute atomic E-state index is 17.1. The third-order valence-electron chi connectivity index (χ3n) is 8.78. The summed E-state index contributed by atoms with van der Waals surface area (Å²) in [5.41, 5.74) is -0.295. The molecule has 2 unspecified atom stereocenters. The molecule has 44 heavy (non-hydrogen) atoms. The van der Waals surface area contributed by atoms with Crippen molar-refractivity contribution in [3.8, 4) is 22.6 Å². The Kier molecular flexibility index (Phi) is 7.22. The molecule has 2 atom stereocenters. The number of aromatic hydroxyl groups is 1. The molecule has 0 radical (unpaired) electrons. The van der Waals surface area contributed by atoms with Gasteiger partial charge in [-0.25, -0.2) is 23.1 Å². The Morgan fingerprint density at radius 2 is 1.86 bits per heavy atom. The fraction of sp³-hybridized carbons (Fsp3) is 0.333. The van der Waals surface area contributed by atoms with Crippen molar-refractivity contribution in [3.63, 3.8) is 0 Å². The van der Waals surface area contributed by atoms with Crippen molar-refractivity contribution in [2.24, 2.45) is 0 Å². The number of rotatable bonds is 4. The molecule has 0 aliphatic carbocycles. The second-order valence-electron chi connectivity index (χ2n) is 11.8. The number of carbonyl (C=O) groups excluding carboxylic acids is 1. The molecule has 0 saturated carbocycles. The number of hydrogen-bond donors (Lipinski definition) is 1. The van der Waals surface area contributed by atoms with E-state index in [0.717, 1.165) is 18.2 Å². The number of nitrogens with zero attached hydrogens (tertiary/aromatic N) is 5. The summed E-state index contributed by atoms with van der Waals surface area (Å²) in [4.78, 5) is 39.5. The monoisotopic (exact) mass is 603 g/mol. The Morgan fingerprint density at radius 3 is 2.55 bits per heavy atom. The number of aryl methyl sites for hydroxylation is 1. The van der Waals surface area contributed by atoms with Gasteiger partial charge in [-0.1, -0.05) is 26.5 Å². The van der Waals surface area contributed by atoms with Crippen molar-refractivity contribution in [1.29, 1.82) is 0 Å². The van der Waals surface area contributed by atoms with Crippen LogP contribution in [-0.2, 0) is 11.2 Å². The van der Waals surface area contributed by atoms with Gasteiger partial charge in [-0.05, 0) is 56.9 Å². The van der Waals surface area contributed by atoms with Crippen molar-refractivity contribution in [3.05, 3.63) is 88.0 Å². The summed E-state index contributed by atoms with van der Waals surface area (Å²) in [6.45, 7) is 11.6. The number of phenols is 1. The summed E-state index contributed by atoms with van der Waals surface area (Å²) in [6.07, 6.45) is 3.47. The van der Waals surface area contributed by atoms with E-state index in [9.17, 15) is 14.7 Å². The lowest BCUT2D eigenvalue weighted by Gasteiger charge is -2.49. The van der Waals surface area contributed by atoms with E-state index in [2.05, 4.69) is 16.5 Å². The number of fused-ring (bicyclic) bond motifs is 5. The van der Waals surface area contributed by atoms with E-state index in [4.69, 9.17) is 0 Å². The topological polar surface area (TPSA) is 91.6 Å². The SMILES string of the molecule is C=CC(=O)N1CC2CCc3c(c4cc(F)c(-c5c(O)cccc5F)c(F)c4n(-c4c(C)ncnc4C(C)C)c3=O)N2CC1C. The molecule has 6 rings (SSSR count). The van der Waals surface area contributed by atoms with E-state index >= 15 is 13.2 Å². The number of anilines is 1. The van der Waals surface area contributed by atoms with E-state index in [1.807, 2.05) is 25.7 Å². The smallest absolute Gasteiger partial charge is 0.261 e. The number of hydrogen-bond acceptors (Lipinski definition) is 6. The van der Waals surface area contributed by atoms with Gasteiger partial charge in [-0.2, -0.15) is 0 Å². The molecule has 1 saturated heterocycles. The van der Waals surface area contributed by atoms with Crippen molar-refractivity contribution in [2.45, 2.75) is 58.5 Å². The first-order chi connectivity index (χ1) is 21.0. The molecule has 2 aromatic heterocycles. The van der Waals surface area contributed by atoms with Crippen molar-refractivity contribution in [1.82, 2.24) is 19.4 Å². The largest absolute Gasteiger partial charge is 0.507 e. The molecule has 8 nitrogen and oxygen atoms in total. The third kappa shape index (κ3) is 4.36. The molecule has 11 heteroatoms. The van der Waals surface area contributed by atoms with Crippen LogP contribution in [-0.4, -0.2) is 55.6 Å². The average Bonchev–Trinajstić information content (AvgIpc) is 2.98. The maximum Gasteiger partial charge on any atom is 0.261 e. The second kappa shape index (κ2) is 10.8. The lowest BCUT2D eigenvalue weighted by atomic mass is 9.89. The fourth-order valence-electron chi connectivity index (χ4n) is 6.74. The molecular weight excluding hydrogens is 571 g/mol. The number of halogens is 3. The predicted molar refractivity (Wildman–Crippen MR) is 162 cm³/mol. The standard InChI is InChI=1S/C33H32F3N5O3/c1-6-25(43)39-14-19-10-11-20-31(40(19)13-17(39)4)21-12-23(35)27(26-22(34)8-7-9-24(26)42)28(36)32(21)41(33(20)44)30-18(5)37-15-38-29(30)16(2)3/h6-9,12,15-17,19,42H,1,10-11,13-14H2,2-5H3. The van der Waals surface area contributed by atoms with Gasteiger partial charge >= 0.3 is 0 Å². The zero-order chi connectivity index (χ0) is 31.6. The fourth-order valence-corrected chi connectivity index (χ4v) is 6.74. The van der Waals surface area contributed by atoms with Gasteiger partial charge in [0.25, 0.3) is 5.56 Å². The van der Waals surface area contributed by atoms with Gasteiger partial charge in [0, 0.05) is 36.1 Å². The Morgan fingerprint density at radius 1 is 1.11 bits per heavy atom. The molecule has 1 N–H and O–H groups in total. The minimum atomic E-state index is -1.20. The van der Waals surface area contributed by atoms with E-state index in [0.29, 0.717) is 48.6 Å². The lowest BCUT2D eigenvalue weighted by molar-refractivity contribution is -0.129. The molecule has 0 bridgehead atoms. The lowest BCUT2D eigenvalue weighted by Crippen LogP contribution is -2.60. The normalized spacial score (nSPS) is 18.0. The van der Waals surface area contributed by atoms with E-state index in [-0.39, 0.29) is 40.5 Å². The molecule has 228 valence electrons.